The molecule has 6 heteroatoms. The molecule has 21 heavy (non-hydrogen) atoms. The summed E-state index contributed by atoms with van der Waals surface area (Å²) in [5, 5.41) is 8.67. The van der Waals surface area contributed by atoms with Crippen LogP contribution in [0.15, 0.2) is 51.4 Å². The van der Waals surface area contributed by atoms with Crippen LogP contribution >= 0.6 is 31.9 Å². The zero-order chi connectivity index (χ0) is 15.4. The third kappa shape index (κ3) is 4.41. The first-order valence-electron chi connectivity index (χ1n) is 5.79. The first kappa shape index (κ1) is 15.7. The molecular weight excluding hydrogens is 407 g/mol. The average Bonchev–Trinajstić information content (AvgIpc) is 2.41. The summed E-state index contributed by atoms with van der Waals surface area (Å²) in [7, 11) is 0. The summed E-state index contributed by atoms with van der Waals surface area (Å²) in [6.45, 7) is 0. The Morgan fingerprint density at radius 3 is 2.52 bits per heavy atom. The Kier molecular flexibility index (Phi) is 5.14. The molecule has 0 saturated heterocycles. The molecule has 0 aliphatic heterocycles. The average molecular weight is 416 g/mol. The zero-order valence-corrected chi connectivity index (χ0v) is 13.7. The SMILES string of the molecule is O=C(O)C=Cc1cc(F)ccc1Oc1ccc(Br)cc1Br. The summed E-state index contributed by atoms with van der Waals surface area (Å²) in [5.74, 6) is -0.691. The van der Waals surface area contributed by atoms with Gasteiger partial charge in [-0.3, -0.25) is 0 Å². The molecule has 0 aromatic heterocycles. The van der Waals surface area contributed by atoms with Crippen molar-refractivity contribution in [1.82, 2.24) is 0 Å². The lowest BCUT2D eigenvalue weighted by Gasteiger charge is -2.10. The minimum Gasteiger partial charge on any atom is -0.478 e. The number of ether oxygens (including phenoxy) is 1. The zero-order valence-electron chi connectivity index (χ0n) is 10.5. The van der Waals surface area contributed by atoms with Gasteiger partial charge in [0.15, 0.2) is 0 Å². The van der Waals surface area contributed by atoms with Crippen LogP contribution < -0.4 is 4.74 Å². The van der Waals surface area contributed by atoms with Gasteiger partial charge in [-0.05, 0) is 58.4 Å². The van der Waals surface area contributed by atoms with Crippen LogP contribution in [0.25, 0.3) is 6.08 Å². The van der Waals surface area contributed by atoms with E-state index in [9.17, 15) is 9.18 Å². The topological polar surface area (TPSA) is 46.5 Å². The van der Waals surface area contributed by atoms with E-state index >= 15 is 0 Å². The summed E-state index contributed by atoms with van der Waals surface area (Å²) >= 11 is 6.70. The third-order valence-corrected chi connectivity index (χ3v) is 3.60. The minimum atomic E-state index is -1.12. The molecule has 0 heterocycles. The highest BCUT2D eigenvalue weighted by atomic mass is 79.9. The van der Waals surface area contributed by atoms with E-state index in [1.54, 1.807) is 12.1 Å². The fourth-order valence-electron chi connectivity index (χ4n) is 1.58. The Hall–Kier alpha value is -1.66. The lowest BCUT2D eigenvalue weighted by molar-refractivity contribution is -0.131. The van der Waals surface area contributed by atoms with Crippen LogP contribution in [0, 0.1) is 5.82 Å². The molecule has 0 aliphatic rings. The van der Waals surface area contributed by atoms with Crippen molar-refractivity contribution in [2.45, 2.75) is 0 Å². The monoisotopic (exact) mass is 414 g/mol. The van der Waals surface area contributed by atoms with Crippen molar-refractivity contribution >= 4 is 43.9 Å². The second kappa shape index (κ2) is 6.87. The summed E-state index contributed by atoms with van der Waals surface area (Å²) < 4.78 is 20.6. The van der Waals surface area contributed by atoms with Gasteiger partial charge in [-0.2, -0.15) is 0 Å². The molecule has 0 amide bonds. The highest BCUT2D eigenvalue weighted by molar-refractivity contribution is 9.11. The van der Waals surface area contributed by atoms with Crippen molar-refractivity contribution < 1.29 is 19.0 Å². The standard InChI is InChI=1S/C15H9Br2FO3/c16-10-2-4-14(12(17)8-10)21-13-5-3-11(18)7-9(13)1-6-15(19)20/h1-8H,(H,19,20). The van der Waals surface area contributed by atoms with Crippen molar-refractivity contribution in [2.24, 2.45) is 0 Å². The maximum absolute atomic E-state index is 13.3. The van der Waals surface area contributed by atoms with Gasteiger partial charge >= 0.3 is 5.97 Å². The molecule has 0 aliphatic carbocycles. The molecule has 2 aromatic rings. The molecule has 0 radical (unpaired) electrons. The first-order valence-corrected chi connectivity index (χ1v) is 7.38. The Bertz CT molecular complexity index is 714. The molecule has 0 unspecified atom stereocenters. The van der Waals surface area contributed by atoms with Crippen LogP contribution in [0.3, 0.4) is 0 Å². The smallest absolute Gasteiger partial charge is 0.328 e. The molecule has 0 bridgehead atoms. The molecule has 1 N–H and O–H groups in total. The van der Waals surface area contributed by atoms with Gasteiger partial charge in [0.25, 0.3) is 0 Å². The van der Waals surface area contributed by atoms with E-state index in [-0.39, 0.29) is 0 Å². The Balaban J connectivity index is 2.37. The van der Waals surface area contributed by atoms with Gasteiger partial charge in [0.1, 0.15) is 17.3 Å². The van der Waals surface area contributed by atoms with Gasteiger partial charge < -0.3 is 9.84 Å². The van der Waals surface area contributed by atoms with Gasteiger partial charge in [0, 0.05) is 16.1 Å². The summed E-state index contributed by atoms with van der Waals surface area (Å²) in [4.78, 5) is 10.6. The van der Waals surface area contributed by atoms with E-state index in [0.29, 0.717) is 17.1 Å². The van der Waals surface area contributed by atoms with Crippen LogP contribution in [0.4, 0.5) is 4.39 Å². The molecule has 2 aromatic carbocycles. The van der Waals surface area contributed by atoms with E-state index in [4.69, 9.17) is 9.84 Å². The van der Waals surface area contributed by atoms with Crippen LogP contribution in [-0.2, 0) is 4.79 Å². The summed E-state index contributed by atoms with van der Waals surface area (Å²) in [5.41, 5.74) is 0.340. The number of benzene rings is 2. The largest absolute Gasteiger partial charge is 0.478 e. The van der Waals surface area contributed by atoms with Crippen molar-refractivity contribution in [3.8, 4) is 11.5 Å². The van der Waals surface area contributed by atoms with Crippen LogP contribution in [0.2, 0.25) is 0 Å². The van der Waals surface area contributed by atoms with Gasteiger partial charge in [-0.25, -0.2) is 9.18 Å². The minimum absolute atomic E-state index is 0.340. The van der Waals surface area contributed by atoms with Gasteiger partial charge in [0.05, 0.1) is 4.47 Å². The number of carboxylic acid groups (broad SMARTS) is 1. The molecular formula is C15H9Br2FO3. The fourth-order valence-corrected chi connectivity index (χ4v) is 2.71. The molecule has 0 spiro atoms. The van der Waals surface area contributed by atoms with Crippen molar-refractivity contribution in [2.75, 3.05) is 0 Å². The second-order valence-corrected chi connectivity index (χ2v) is 5.80. The lowest BCUT2D eigenvalue weighted by Crippen LogP contribution is -1.91. The molecule has 2 rings (SSSR count). The highest BCUT2D eigenvalue weighted by Crippen LogP contribution is 2.34. The molecule has 0 fully saturated rings. The first-order chi connectivity index (χ1) is 9.95. The number of carbonyl (C=O) groups is 1. The Labute approximate surface area is 137 Å². The fraction of sp³-hybridized carbons (Fsp3) is 0. The van der Waals surface area contributed by atoms with E-state index in [0.717, 1.165) is 15.0 Å². The van der Waals surface area contributed by atoms with Crippen LogP contribution in [0.5, 0.6) is 11.5 Å². The highest BCUT2D eigenvalue weighted by Gasteiger charge is 2.08. The predicted molar refractivity (Wildman–Crippen MR) is 85.0 cm³/mol. The van der Waals surface area contributed by atoms with Crippen molar-refractivity contribution in [3.63, 3.8) is 0 Å². The molecule has 0 saturated carbocycles. The van der Waals surface area contributed by atoms with Crippen molar-refractivity contribution in [3.05, 3.63) is 62.8 Å². The number of aliphatic carboxylic acids is 1. The van der Waals surface area contributed by atoms with Crippen LogP contribution in [-0.4, -0.2) is 11.1 Å². The van der Waals surface area contributed by atoms with E-state index < -0.39 is 11.8 Å². The Morgan fingerprint density at radius 1 is 1.14 bits per heavy atom. The number of hydrogen-bond acceptors (Lipinski definition) is 2. The quantitative estimate of drug-likeness (QED) is 0.694. The second-order valence-electron chi connectivity index (χ2n) is 4.03. The molecule has 0 atom stereocenters. The van der Waals surface area contributed by atoms with Gasteiger partial charge in [0.2, 0.25) is 0 Å². The summed E-state index contributed by atoms with van der Waals surface area (Å²) in [6, 6.07) is 9.26. The van der Waals surface area contributed by atoms with E-state index in [2.05, 4.69) is 31.9 Å². The van der Waals surface area contributed by atoms with E-state index in [1.165, 1.54) is 24.3 Å². The van der Waals surface area contributed by atoms with Gasteiger partial charge in [-0.15, -0.1) is 0 Å². The number of halogens is 3. The normalized spacial score (nSPS) is 10.8. The molecule has 108 valence electrons. The van der Waals surface area contributed by atoms with Gasteiger partial charge in [-0.1, -0.05) is 15.9 Å². The summed E-state index contributed by atoms with van der Waals surface area (Å²) in [6.07, 6.45) is 2.21. The predicted octanol–water partition coefficient (Wildman–Crippen LogP) is 5.24. The number of hydrogen-bond donors (Lipinski definition) is 1. The van der Waals surface area contributed by atoms with Crippen molar-refractivity contribution in [1.29, 1.82) is 0 Å². The number of carboxylic acids is 1. The Morgan fingerprint density at radius 2 is 1.86 bits per heavy atom. The number of rotatable bonds is 4. The maximum atomic E-state index is 13.3. The van der Waals surface area contributed by atoms with E-state index in [1.807, 2.05) is 6.07 Å². The molecule has 3 nitrogen and oxygen atoms in total. The maximum Gasteiger partial charge on any atom is 0.328 e. The lowest BCUT2D eigenvalue weighted by atomic mass is 10.2. The third-order valence-electron chi connectivity index (χ3n) is 2.49. The van der Waals surface area contributed by atoms with Crippen LogP contribution in [0.1, 0.15) is 5.56 Å².